The highest BCUT2D eigenvalue weighted by molar-refractivity contribution is 5.85. The van der Waals surface area contributed by atoms with Crippen LogP contribution in [0.25, 0.3) is 0 Å². The summed E-state index contributed by atoms with van der Waals surface area (Å²) in [6.07, 6.45) is -8.28. The van der Waals surface area contributed by atoms with Gasteiger partial charge in [0.15, 0.2) is 17.5 Å². The number of aliphatic hydroxyl groups excluding tert-OH is 5. The number of ether oxygens (including phenoxy) is 1. The molecule has 1 rings (SSSR count). The molecule has 1 fully saturated rings. The third-order valence-electron chi connectivity index (χ3n) is 3.32. The number of aliphatic hydroxyl groups is 7. The van der Waals surface area contributed by atoms with E-state index in [1.807, 2.05) is 0 Å². The van der Waals surface area contributed by atoms with E-state index in [1.54, 1.807) is 0 Å². The smallest absolute Gasteiger partial charge is 0.255 e. The van der Waals surface area contributed by atoms with E-state index in [0.29, 0.717) is 0 Å². The zero-order chi connectivity index (χ0) is 15.0. The summed E-state index contributed by atoms with van der Waals surface area (Å²) in [5.41, 5.74) is -1.44. The lowest BCUT2D eigenvalue weighted by atomic mass is 9.71. The Morgan fingerprint density at radius 1 is 1.26 bits per heavy atom. The van der Waals surface area contributed by atoms with Crippen molar-refractivity contribution in [2.24, 2.45) is 5.73 Å². The van der Waals surface area contributed by atoms with Gasteiger partial charge >= 0.3 is 0 Å². The quantitative estimate of drug-likeness (QED) is 0.248. The highest BCUT2D eigenvalue weighted by Crippen LogP contribution is 2.37. The molecule has 1 aliphatic heterocycles. The maximum absolute atomic E-state index is 11.2. The molecule has 1 saturated heterocycles. The molecule has 0 saturated carbocycles. The number of carbonyl (C=O) groups is 1. The van der Waals surface area contributed by atoms with Crippen LogP contribution in [0, 0.1) is 0 Å². The maximum Gasteiger partial charge on any atom is 0.255 e. The fourth-order valence-corrected chi connectivity index (χ4v) is 2.04. The van der Waals surface area contributed by atoms with Crippen molar-refractivity contribution >= 4 is 5.91 Å². The Labute approximate surface area is 107 Å². The van der Waals surface area contributed by atoms with Gasteiger partial charge in [0, 0.05) is 0 Å². The fourth-order valence-electron chi connectivity index (χ4n) is 2.04. The number of carbonyl (C=O) groups excluding carboxylic acids is 1. The molecule has 0 spiro atoms. The van der Waals surface area contributed by atoms with Gasteiger partial charge in [-0.05, 0) is 0 Å². The molecule has 10 nitrogen and oxygen atoms in total. The van der Waals surface area contributed by atoms with Gasteiger partial charge in [0.1, 0.15) is 18.3 Å². The Hall–Kier alpha value is -0.850. The Balaban J connectivity index is 3.33. The van der Waals surface area contributed by atoms with E-state index >= 15 is 0 Å². The molecule has 0 aliphatic carbocycles. The van der Waals surface area contributed by atoms with Gasteiger partial charge in [-0.25, -0.2) is 0 Å². The van der Waals surface area contributed by atoms with Crippen molar-refractivity contribution in [3.05, 3.63) is 0 Å². The highest BCUT2D eigenvalue weighted by atomic mass is 16.6. The minimum Gasteiger partial charge on any atom is -0.394 e. The van der Waals surface area contributed by atoms with Gasteiger partial charge in [-0.3, -0.25) is 4.79 Å². The second kappa shape index (κ2) is 5.26. The monoisotopic (exact) mass is 283 g/mol. The first kappa shape index (κ1) is 16.2. The second-order valence-electron chi connectivity index (χ2n) is 4.35. The van der Waals surface area contributed by atoms with Crippen molar-refractivity contribution < 1.29 is 45.3 Å². The molecule has 112 valence electrons. The van der Waals surface area contributed by atoms with Gasteiger partial charge in [0.2, 0.25) is 0 Å². The molecule has 0 aromatic carbocycles. The predicted octanol–water partition coefficient (Wildman–Crippen LogP) is -5.64. The van der Waals surface area contributed by atoms with Crippen LogP contribution in [0.2, 0.25) is 0 Å². The third kappa shape index (κ3) is 2.11. The minimum absolute atomic E-state index is 0.895. The molecular formula is C9H17NO9. The lowest BCUT2D eigenvalue weighted by Gasteiger charge is -2.51. The molecule has 1 unspecified atom stereocenters. The van der Waals surface area contributed by atoms with Crippen LogP contribution in [0.4, 0.5) is 0 Å². The number of nitrogens with two attached hydrogens (primary N) is 1. The zero-order valence-corrected chi connectivity index (χ0v) is 9.75. The van der Waals surface area contributed by atoms with Crippen molar-refractivity contribution in [3.63, 3.8) is 0 Å². The molecule has 1 amide bonds. The first-order chi connectivity index (χ1) is 8.66. The average molecular weight is 283 g/mol. The van der Waals surface area contributed by atoms with Crippen molar-refractivity contribution in [1.29, 1.82) is 0 Å². The first-order valence-electron chi connectivity index (χ1n) is 5.32. The van der Waals surface area contributed by atoms with Gasteiger partial charge < -0.3 is 46.2 Å². The number of amides is 1. The Bertz CT molecular complexity index is 353. The predicted molar refractivity (Wildman–Crippen MR) is 56.2 cm³/mol. The van der Waals surface area contributed by atoms with Gasteiger partial charge in [-0.15, -0.1) is 0 Å². The Morgan fingerprint density at radius 3 is 2.16 bits per heavy atom. The van der Waals surface area contributed by atoms with Crippen LogP contribution in [0.1, 0.15) is 0 Å². The van der Waals surface area contributed by atoms with Crippen LogP contribution in [0.15, 0.2) is 0 Å². The topological polar surface area (TPSA) is 194 Å². The molecule has 6 atom stereocenters. The van der Waals surface area contributed by atoms with Gasteiger partial charge in [-0.2, -0.15) is 0 Å². The van der Waals surface area contributed by atoms with Gasteiger partial charge in [0.05, 0.1) is 13.2 Å². The van der Waals surface area contributed by atoms with E-state index in [9.17, 15) is 30.3 Å². The average Bonchev–Trinajstić information content (AvgIpc) is 2.39. The number of rotatable bonds is 4. The summed E-state index contributed by atoms with van der Waals surface area (Å²) < 4.78 is 4.58. The highest BCUT2D eigenvalue weighted by Gasteiger charge is 2.67. The van der Waals surface area contributed by atoms with Crippen molar-refractivity contribution in [1.82, 2.24) is 0 Å². The van der Waals surface area contributed by atoms with Crippen LogP contribution in [-0.2, 0) is 9.53 Å². The maximum atomic E-state index is 11.2. The van der Waals surface area contributed by atoms with Crippen molar-refractivity contribution in [2.45, 2.75) is 35.8 Å². The van der Waals surface area contributed by atoms with E-state index in [0.717, 1.165) is 0 Å². The SMILES string of the molecule is NC(=O)C(O)(CO)[C@@]1(O)[C@H](O)[C@@H](O)O[C@H](CO)[C@H]1O. The van der Waals surface area contributed by atoms with Crippen LogP contribution in [-0.4, -0.2) is 90.7 Å². The van der Waals surface area contributed by atoms with E-state index in [2.05, 4.69) is 4.74 Å². The molecule has 0 radical (unpaired) electrons. The summed E-state index contributed by atoms with van der Waals surface area (Å²) in [6.45, 7) is -2.33. The minimum atomic E-state index is -3.15. The van der Waals surface area contributed by atoms with Crippen LogP contribution >= 0.6 is 0 Å². The van der Waals surface area contributed by atoms with E-state index in [1.165, 1.54) is 0 Å². The lowest BCUT2D eigenvalue weighted by molar-refractivity contribution is -0.354. The summed E-state index contributed by atoms with van der Waals surface area (Å²) >= 11 is 0. The zero-order valence-electron chi connectivity index (χ0n) is 9.75. The summed E-state index contributed by atoms with van der Waals surface area (Å²) in [7, 11) is 0. The fraction of sp³-hybridized carbons (Fsp3) is 0.889. The largest absolute Gasteiger partial charge is 0.394 e. The molecule has 0 aromatic rings. The summed E-state index contributed by atoms with van der Waals surface area (Å²) in [5, 5.41) is 66.9. The molecule has 0 aromatic heterocycles. The number of hydrogen-bond acceptors (Lipinski definition) is 9. The Morgan fingerprint density at radius 2 is 1.79 bits per heavy atom. The Kier molecular flexibility index (Phi) is 4.49. The summed E-state index contributed by atoms with van der Waals surface area (Å²) in [4.78, 5) is 11.2. The van der Waals surface area contributed by atoms with Crippen molar-refractivity contribution in [3.8, 4) is 0 Å². The van der Waals surface area contributed by atoms with E-state index in [4.69, 9.17) is 15.9 Å². The molecular weight excluding hydrogens is 266 g/mol. The number of primary amides is 1. The summed E-state index contributed by atoms with van der Waals surface area (Å²) in [5.74, 6) is -1.64. The van der Waals surface area contributed by atoms with Gasteiger partial charge in [-0.1, -0.05) is 0 Å². The second-order valence-corrected chi connectivity index (χ2v) is 4.35. The third-order valence-corrected chi connectivity index (χ3v) is 3.32. The molecule has 10 heteroatoms. The molecule has 19 heavy (non-hydrogen) atoms. The standard InChI is InChI=1S/C9H17NO9/c10-7(16)8(17,2-12)9(18)4(13)3(1-11)19-6(15)5(9)14/h3-6,11-15,17-18H,1-2H2,(H2,10,16)/t3-,4-,5-,6+,8?,9+/m1/s1. The van der Waals surface area contributed by atoms with Crippen LogP contribution in [0.3, 0.4) is 0 Å². The van der Waals surface area contributed by atoms with Crippen LogP contribution < -0.4 is 5.73 Å². The van der Waals surface area contributed by atoms with Gasteiger partial charge in [0.25, 0.3) is 5.91 Å². The summed E-state index contributed by atoms with van der Waals surface area (Å²) in [6, 6.07) is 0. The first-order valence-corrected chi connectivity index (χ1v) is 5.32. The normalized spacial score (nSPS) is 42.7. The molecule has 1 heterocycles. The number of hydrogen-bond donors (Lipinski definition) is 8. The molecule has 1 aliphatic rings. The van der Waals surface area contributed by atoms with E-state index < -0.39 is 54.9 Å². The van der Waals surface area contributed by atoms with Crippen LogP contribution in [0.5, 0.6) is 0 Å². The molecule has 0 bridgehead atoms. The van der Waals surface area contributed by atoms with Crippen molar-refractivity contribution in [2.75, 3.05) is 13.2 Å². The lowest BCUT2D eigenvalue weighted by Crippen LogP contribution is -2.80. The van der Waals surface area contributed by atoms with E-state index in [-0.39, 0.29) is 0 Å². The molecule has 9 N–H and O–H groups in total.